The second-order valence-electron chi connectivity index (χ2n) is 5.15. The van der Waals surface area contributed by atoms with Crippen molar-refractivity contribution in [2.45, 2.75) is 44.0 Å². The molecule has 1 aliphatic rings. The van der Waals surface area contributed by atoms with Crippen molar-refractivity contribution < 1.29 is 12.9 Å². The molecule has 0 saturated heterocycles. The van der Waals surface area contributed by atoms with Gasteiger partial charge in [-0.1, -0.05) is 5.16 Å². The summed E-state index contributed by atoms with van der Waals surface area (Å²) in [6.07, 6.45) is 2.02. The second kappa shape index (κ2) is 5.40. The Balaban J connectivity index is 0.00000180. The number of nitrogens with one attached hydrogen (secondary N) is 1. The highest BCUT2D eigenvalue weighted by Crippen LogP contribution is 2.40. The molecular formula is C11H20ClN3O3S. The van der Waals surface area contributed by atoms with Gasteiger partial charge in [-0.3, -0.25) is 0 Å². The SMILES string of the molecule is Cc1noc(C)c1S(=O)(=O)NC(C)(CN)C1CC1.Cl. The van der Waals surface area contributed by atoms with E-state index in [2.05, 4.69) is 9.88 Å². The van der Waals surface area contributed by atoms with Crippen LogP contribution in [0.1, 0.15) is 31.2 Å². The monoisotopic (exact) mass is 309 g/mol. The number of nitrogens with zero attached hydrogens (tertiary/aromatic N) is 1. The highest BCUT2D eigenvalue weighted by atomic mass is 35.5. The van der Waals surface area contributed by atoms with E-state index in [-0.39, 0.29) is 23.8 Å². The predicted octanol–water partition coefficient (Wildman–Crippen LogP) is 1.12. The van der Waals surface area contributed by atoms with Crippen molar-refractivity contribution in [1.29, 1.82) is 0 Å². The van der Waals surface area contributed by atoms with Gasteiger partial charge < -0.3 is 10.3 Å². The van der Waals surface area contributed by atoms with E-state index in [9.17, 15) is 8.42 Å². The van der Waals surface area contributed by atoms with Crippen LogP contribution in [0.3, 0.4) is 0 Å². The van der Waals surface area contributed by atoms with Crippen LogP contribution in [0.25, 0.3) is 0 Å². The lowest BCUT2D eigenvalue weighted by molar-refractivity contribution is 0.372. The maximum atomic E-state index is 12.4. The van der Waals surface area contributed by atoms with E-state index in [1.165, 1.54) is 0 Å². The normalized spacial score (nSPS) is 18.7. The van der Waals surface area contributed by atoms with Crippen molar-refractivity contribution in [1.82, 2.24) is 9.88 Å². The van der Waals surface area contributed by atoms with Gasteiger partial charge in [0.15, 0.2) is 5.76 Å². The largest absolute Gasteiger partial charge is 0.360 e. The molecule has 0 radical (unpaired) electrons. The van der Waals surface area contributed by atoms with Crippen molar-refractivity contribution >= 4 is 22.4 Å². The summed E-state index contributed by atoms with van der Waals surface area (Å²) in [5, 5.41) is 3.67. The molecule has 0 bridgehead atoms. The molecule has 1 heterocycles. The number of rotatable bonds is 5. The molecule has 1 aliphatic carbocycles. The highest BCUT2D eigenvalue weighted by Gasteiger charge is 2.44. The molecule has 1 atom stereocenters. The fraction of sp³-hybridized carbons (Fsp3) is 0.727. The number of aryl methyl sites for hydroxylation is 2. The molecule has 110 valence electrons. The summed E-state index contributed by atoms with van der Waals surface area (Å²) in [5.41, 5.74) is 5.50. The van der Waals surface area contributed by atoms with Crippen LogP contribution in [0, 0.1) is 19.8 Å². The lowest BCUT2D eigenvalue weighted by Crippen LogP contribution is -2.53. The first-order valence-corrected chi connectivity index (χ1v) is 7.45. The van der Waals surface area contributed by atoms with Gasteiger partial charge in [0.1, 0.15) is 10.6 Å². The molecule has 1 fully saturated rings. The maximum Gasteiger partial charge on any atom is 0.246 e. The Labute approximate surface area is 119 Å². The number of hydrogen-bond donors (Lipinski definition) is 2. The summed E-state index contributed by atoms with van der Waals surface area (Å²) in [5.74, 6) is 0.618. The number of nitrogens with two attached hydrogens (primary N) is 1. The zero-order chi connectivity index (χ0) is 13.6. The lowest BCUT2D eigenvalue weighted by atomic mass is 9.98. The van der Waals surface area contributed by atoms with E-state index < -0.39 is 15.6 Å². The Hall–Kier alpha value is -0.630. The van der Waals surface area contributed by atoms with Crippen LogP contribution in [0.5, 0.6) is 0 Å². The van der Waals surface area contributed by atoms with Crippen molar-refractivity contribution in [3.05, 3.63) is 11.5 Å². The van der Waals surface area contributed by atoms with E-state index in [0.717, 1.165) is 12.8 Å². The third kappa shape index (κ3) is 3.10. The Bertz CT molecular complexity index is 534. The number of sulfonamides is 1. The first-order valence-electron chi connectivity index (χ1n) is 5.97. The molecule has 19 heavy (non-hydrogen) atoms. The van der Waals surface area contributed by atoms with Gasteiger partial charge >= 0.3 is 0 Å². The summed E-state index contributed by atoms with van der Waals surface area (Å²) in [6.45, 7) is 5.33. The molecule has 6 nitrogen and oxygen atoms in total. The molecule has 1 aromatic heterocycles. The Morgan fingerprint density at radius 1 is 1.47 bits per heavy atom. The minimum absolute atomic E-state index is 0. The van der Waals surface area contributed by atoms with Crippen molar-refractivity contribution in [3.63, 3.8) is 0 Å². The van der Waals surface area contributed by atoms with Crippen LogP contribution < -0.4 is 10.5 Å². The first kappa shape index (κ1) is 16.4. The average molecular weight is 310 g/mol. The van der Waals surface area contributed by atoms with E-state index >= 15 is 0 Å². The summed E-state index contributed by atoms with van der Waals surface area (Å²) in [6, 6.07) is 0. The molecule has 2 rings (SSSR count). The zero-order valence-electron chi connectivity index (χ0n) is 11.3. The van der Waals surface area contributed by atoms with E-state index in [4.69, 9.17) is 10.3 Å². The van der Waals surface area contributed by atoms with Crippen LogP contribution in [0.2, 0.25) is 0 Å². The molecule has 0 aromatic carbocycles. The van der Waals surface area contributed by atoms with Crippen molar-refractivity contribution in [3.8, 4) is 0 Å². The first-order chi connectivity index (χ1) is 8.30. The minimum Gasteiger partial charge on any atom is -0.360 e. The molecular weight excluding hydrogens is 290 g/mol. The van der Waals surface area contributed by atoms with Gasteiger partial charge in [0.05, 0.1) is 0 Å². The molecule has 0 aliphatic heterocycles. The van der Waals surface area contributed by atoms with Gasteiger partial charge in [0.2, 0.25) is 10.0 Å². The van der Waals surface area contributed by atoms with Crippen LogP contribution in [0.15, 0.2) is 9.42 Å². The highest BCUT2D eigenvalue weighted by molar-refractivity contribution is 7.89. The topological polar surface area (TPSA) is 98.2 Å². The third-order valence-electron chi connectivity index (χ3n) is 3.51. The Morgan fingerprint density at radius 3 is 2.42 bits per heavy atom. The molecule has 8 heteroatoms. The molecule has 0 amide bonds. The quantitative estimate of drug-likeness (QED) is 0.849. The van der Waals surface area contributed by atoms with Crippen molar-refractivity contribution in [2.75, 3.05) is 6.54 Å². The molecule has 1 unspecified atom stereocenters. The Morgan fingerprint density at radius 2 is 2.05 bits per heavy atom. The number of halogens is 1. The zero-order valence-corrected chi connectivity index (χ0v) is 12.9. The van der Waals surface area contributed by atoms with E-state index in [0.29, 0.717) is 17.4 Å². The summed E-state index contributed by atoms with van der Waals surface area (Å²) in [4.78, 5) is 0.128. The maximum absolute atomic E-state index is 12.4. The fourth-order valence-electron chi connectivity index (χ4n) is 2.23. The van der Waals surface area contributed by atoms with Gasteiger partial charge in [-0.15, -0.1) is 12.4 Å². The Kier molecular flexibility index (Phi) is 4.66. The van der Waals surface area contributed by atoms with Crippen LogP contribution in [0.4, 0.5) is 0 Å². The van der Waals surface area contributed by atoms with E-state index in [1.807, 2.05) is 6.92 Å². The summed E-state index contributed by atoms with van der Waals surface area (Å²) < 4.78 is 32.4. The fourth-order valence-corrected chi connectivity index (χ4v) is 4.04. The van der Waals surface area contributed by atoms with Crippen LogP contribution >= 0.6 is 12.4 Å². The second-order valence-corrected chi connectivity index (χ2v) is 6.77. The lowest BCUT2D eigenvalue weighted by Gasteiger charge is -2.28. The smallest absolute Gasteiger partial charge is 0.246 e. The molecule has 0 spiro atoms. The van der Waals surface area contributed by atoms with Gasteiger partial charge in [-0.2, -0.15) is 0 Å². The predicted molar refractivity (Wildman–Crippen MR) is 73.7 cm³/mol. The van der Waals surface area contributed by atoms with Gasteiger partial charge in [0.25, 0.3) is 0 Å². The van der Waals surface area contributed by atoms with Crippen molar-refractivity contribution in [2.24, 2.45) is 11.7 Å². The summed E-state index contributed by atoms with van der Waals surface area (Å²) >= 11 is 0. The van der Waals surface area contributed by atoms with Gasteiger partial charge in [-0.05, 0) is 39.5 Å². The number of hydrogen-bond acceptors (Lipinski definition) is 5. The van der Waals surface area contributed by atoms with Gasteiger partial charge in [-0.25, -0.2) is 13.1 Å². The number of aromatic nitrogens is 1. The van der Waals surface area contributed by atoms with E-state index in [1.54, 1.807) is 13.8 Å². The van der Waals surface area contributed by atoms with Crippen LogP contribution in [-0.2, 0) is 10.0 Å². The average Bonchev–Trinajstić information content (AvgIpc) is 3.05. The standard InChI is InChI=1S/C11H19N3O3S.ClH/c1-7-10(8(2)17-13-7)18(15,16)14-11(3,6-12)9-4-5-9;/h9,14H,4-6,12H2,1-3H3;1H. The summed E-state index contributed by atoms with van der Waals surface area (Å²) in [7, 11) is -3.64. The molecule has 1 saturated carbocycles. The van der Waals surface area contributed by atoms with Crippen LogP contribution in [-0.4, -0.2) is 25.7 Å². The van der Waals surface area contributed by atoms with Gasteiger partial charge in [0, 0.05) is 12.1 Å². The molecule has 1 aromatic rings. The third-order valence-corrected chi connectivity index (χ3v) is 5.36. The molecule has 3 N–H and O–H groups in total. The minimum atomic E-state index is -3.64.